The molecule has 0 fully saturated rings. The molecule has 0 radical (unpaired) electrons. The highest BCUT2D eigenvalue weighted by Gasteiger charge is 2.20. The Hall–Kier alpha value is -0.260. The second kappa shape index (κ2) is 7.09. The molecule has 0 nitrogen and oxygen atoms in total. The van der Waals surface area contributed by atoms with E-state index in [-0.39, 0.29) is 0 Å². The molecule has 0 rings (SSSR count). The standard InChI is InChI=1S/C14H28/c1-7-12(6)10-14(11(4)5)13(8-2)9-3/h12-14H,4,7-10H2,1-3,5-6H3. The third-order valence-electron chi connectivity index (χ3n) is 3.60. The Bertz CT molecular complexity index is 153. The summed E-state index contributed by atoms with van der Waals surface area (Å²) in [5.74, 6) is 2.44. The third-order valence-corrected chi connectivity index (χ3v) is 3.60. The highest BCUT2D eigenvalue weighted by atomic mass is 14.3. The summed E-state index contributed by atoms with van der Waals surface area (Å²) in [6.07, 6.45) is 5.22. The molecule has 0 heteroatoms. The van der Waals surface area contributed by atoms with Crippen molar-refractivity contribution in [2.45, 2.75) is 60.3 Å². The average Bonchev–Trinajstić information content (AvgIpc) is 2.17. The van der Waals surface area contributed by atoms with Gasteiger partial charge in [0, 0.05) is 0 Å². The van der Waals surface area contributed by atoms with Crippen LogP contribution in [-0.4, -0.2) is 0 Å². The van der Waals surface area contributed by atoms with Crippen molar-refractivity contribution in [2.75, 3.05) is 0 Å². The van der Waals surface area contributed by atoms with Crippen LogP contribution >= 0.6 is 0 Å². The molecule has 0 spiro atoms. The van der Waals surface area contributed by atoms with E-state index in [0.717, 1.165) is 17.8 Å². The highest BCUT2D eigenvalue weighted by Crippen LogP contribution is 2.31. The van der Waals surface area contributed by atoms with Crippen molar-refractivity contribution in [1.29, 1.82) is 0 Å². The highest BCUT2D eigenvalue weighted by molar-refractivity contribution is 4.99. The van der Waals surface area contributed by atoms with Crippen LogP contribution in [0.2, 0.25) is 0 Å². The molecule has 0 saturated heterocycles. The molecule has 0 aromatic carbocycles. The summed E-state index contributed by atoms with van der Waals surface area (Å²) in [7, 11) is 0. The summed E-state index contributed by atoms with van der Waals surface area (Å²) in [6, 6.07) is 0. The van der Waals surface area contributed by atoms with Crippen molar-refractivity contribution < 1.29 is 0 Å². The predicted octanol–water partition coefficient (Wildman–Crippen LogP) is 5.05. The fourth-order valence-corrected chi connectivity index (χ4v) is 2.25. The van der Waals surface area contributed by atoms with Gasteiger partial charge in [-0.25, -0.2) is 0 Å². The summed E-state index contributed by atoms with van der Waals surface area (Å²) in [6.45, 7) is 15.6. The smallest absolute Gasteiger partial charge is 0.0178 e. The topological polar surface area (TPSA) is 0 Å². The van der Waals surface area contributed by atoms with E-state index in [4.69, 9.17) is 0 Å². The maximum atomic E-state index is 4.16. The molecule has 2 unspecified atom stereocenters. The molecule has 0 saturated carbocycles. The normalized spacial score (nSPS) is 15.6. The van der Waals surface area contributed by atoms with Crippen molar-refractivity contribution in [3.63, 3.8) is 0 Å². The van der Waals surface area contributed by atoms with Gasteiger partial charge >= 0.3 is 0 Å². The first-order valence-electron chi connectivity index (χ1n) is 6.22. The van der Waals surface area contributed by atoms with Gasteiger partial charge in [-0.1, -0.05) is 59.1 Å². The van der Waals surface area contributed by atoms with Crippen LogP contribution in [0.3, 0.4) is 0 Å². The van der Waals surface area contributed by atoms with Gasteiger partial charge in [0.25, 0.3) is 0 Å². The van der Waals surface area contributed by atoms with Gasteiger partial charge in [-0.2, -0.15) is 0 Å². The van der Waals surface area contributed by atoms with E-state index in [9.17, 15) is 0 Å². The summed E-state index contributed by atoms with van der Waals surface area (Å²) in [5.41, 5.74) is 1.39. The van der Waals surface area contributed by atoms with Crippen LogP contribution in [-0.2, 0) is 0 Å². The van der Waals surface area contributed by atoms with Crippen LogP contribution < -0.4 is 0 Å². The van der Waals surface area contributed by atoms with Crippen molar-refractivity contribution in [3.8, 4) is 0 Å². The van der Waals surface area contributed by atoms with E-state index in [1.807, 2.05) is 0 Å². The summed E-state index contributed by atoms with van der Waals surface area (Å²) in [5, 5.41) is 0. The Labute approximate surface area is 90.8 Å². The first-order chi connectivity index (χ1) is 6.56. The van der Waals surface area contributed by atoms with Gasteiger partial charge in [-0.15, -0.1) is 0 Å². The number of allylic oxidation sites excluding steroid dienone is 1. The number of hydrogen-bond acceptors (Lipinski definition) is 0. The lowest BCUT2D eigenvalue weighted by Crippen LogP contribution is -2.17. The predicted molar refractivity (Wildman–Crippen MR) is 66.4 cm³/mol. The van der Waals surface area contributed by atoms with Gasteiger partial charge in [-0.3, -0.25) is 0 Å². The lowest BCUT2D eigenvalue weighted by molar-refractivity contribution is 0.294. The molecule has 0 amide bonds. The summed E-state index contributed by atoms with van der Waals surface area (Å²) >= 11 is 0. The van der Waals surface area contributed by atoms with Crippen LogP contribution in [0.1, 0.15) is 60.3 Å². The van der Waals surface area contributed by atoms with Crippen molar-refractivity contribution in [2.24, 2.45) is 17.8 Å². The van der Waals surface area contributed by atoms with Gasteiger partial charge in [-0.05, 0) is 31.1 Å². The van der Waals surface area contributed by atoms with Gasteiger partial charge < -0.3 is 0 Å². The number of rotatable bonds is 7. The molecule has 0 aliphatic heterocycles. The number of hydrogen-bond donors (Lipinski definition) is 0. The monoisotopic (exact) mass is 196 g/mol. The largest absolute Gasteiger partial charge is 0.0999 e. The minimum Gasteiger partial charge on any atom is -0.0999 e. The zero-order valence-corrected chi connectivity index (χ0v) is 10.8. The molecule has 14 heavy (non-hydrogen) atoms. The van der Waals surface area contributed by atoms with Crippen molar-refractivity contribution >= 4 is 0 Å². The molecular formula is C14H28. The average molecular weight is 196 g/mol. The van der Waals surface area contributed by atoms with Crippen LogP contribution in [0.5, 0.6) is 0 Å². The van der Waals surface area contributed by atoms with E-state index < -0.39 is 0 Å². The van der Waals surface area contributed by atoms with Crippen LogP contribution in [0, 0.1) is 17.8 Å². The van der Waals surface area contributed by atoms with E-state index in [1.54, 1.807) is 0 Å². The van der Waals surface area contributed by atoms with Crippen LogP contribution in [0.25, 0.3) is 0 Å². The summed E-state index contributed by atoms with van der Waals surface area (Å²) < 4.78 is 0. The van der Waals surface area contributed by atoms with E-state index >= 15 is 0 Å². The second-order valence-corrected chi connectivity index (χ2v) is 4.78. The molecule has 0 heterocycles. The first-order valence-corrected chi connectivity index (χ1v) is 6.22. The molecule has 2 atom stereocenters. The Morgan fingerprint density at radius 1 is 1.07 bits per heavy atom. The minimum absolute atomic E-state index is 0.750. The second-order valence-electron chi connectivity index (χ2n) is 4.78. The van der Waals surface area contributed by atoms with E-state index in [0.29, 0.717) is 0 Å². The SMILES string of the molecule is C=C(C)C(CC(C)CC)C(CC)CC. The Kier molecular flexibility index (Phi) is 6.96. The molecule has 0 aliphatic carbocycles. The molecule has 0 bridgehead atoms. The van der Waals surface area contributed by atoms with E-state index in [2.05, 4.69) is 41.2 Å². The Morgan fingerprint density at radius 2 is 1.57 bits per heavy atom. The van der Waals surface area contributed by atoms with E-state index in [1.165, 1.54) is 31.3 Å². The summed E-state index contributed by atoms with van der Waals surface area (Å²) in [4.78, 5) is 0. The molecule has 0 aliphatic rings. The first kappa shape index (κ1) is 13.7. The zero-order chi connectivity index (χ0) is 11.1. The molecule has 84 valence electrons. The molecular weight excluding hydrogens is 168 g/mol. The minimum atomic E-state index is 0.750. The quantitative estimate of drug-likeness (QED) is 0.500. The third kappa shape index (κ3) is 4.30. The lowest BCUT2D eigenvalue weighted by Gasteiger charge is -2.28. The van der Waals surface area contributed by atoms with Gasteiger partial charge in [0.05, 0.1) is 0 Å². The Balaban J connectivity index is 4.34. The maximum absolute atomic E-state index is 4.16. The zero-order valence-electron chi connectivity index (χ0n) is 10.8. The van der Waals surface area contributed by atoms with Crippen molar-refractivity contribution in [1.82, 2.24) is 0 Å². The van der Waals surface area contributed by atoms with Crippen LogP contribution in [0.15, 0.2) is 12.2 Å². The fraction of sp³-hybridized carbons (Fsp3) is 0.857. The van der Waals surface area contributed by atoms with Gasteiger partial charge in [0.1, 0.15) is 0 Å². The van der Waals surface area contributed by atoms with Gasteiger partial charge in [0.15, 0.2) is 0 Å². The Morgan fingerprint density at radius 3 is 1.86 bits per heavy atom. The molecule has 0 aromatic rings. The van der Waals surface area contributed by atoms with Crippen LogP contribution in [0.4, 0.5) is 0 Å². The van der Waals surface area contributed by atoms with Gasteiger partial charge in [0.2, 0.25) is 0 Å². The molecule has 0 aromatic heterocycles. The maximum Gasteiger partial charge on any atom is -0.0178 e. The van der Waals surface area contributed by atoms with Crippen molar-refractivity contribution in [3.05, 3.63) is 12.2 Å². The molecule has 0 N–H and O–H groups in total. The lowest BCUT2D eigenvalue weighted by atomic mass is 9.78. The fourth-order valence-electron chi connectivity index (χ4n) is 2.25.